The second-order valence-corrected chi connectivity index (χ2v) is 5.48. The van der Waals surface area contributed by atoms with Crippen molar-refractivity contribution in [1.29, 1.82) is 0 Å². The molecule has 0 aliphatic heterocycles. The molecule has 1 amide bonds. The third-order valence-corrected chi connectivity index (χ3v) is 3.17. The van der Waals surface area contributed by atoms with Crippen molar-refractivity contribution in [1.82, 2.24) is 5.32 Å². The van der Waals surface area contributed by atoms with Gasteiger partial charge in [0.1, 0.15) is 0 Å². The molecule has 0 aromatic heterocycles. The first kappa shape index (κ1) is 16.4. The number of hydrogen-bond donors (Lipinski definition) is 2. The lowest BCUT2D eigenvalue weighted by atomic mass is 9.96. The number of benzene rings is 1. The summed E-state index contributed by atoms with van der Waals surface area (Å²) in [5.74, 6) is -0.619. The number of amides is 1. The highest BCUT2D eigenvalue weighted by Crippen LogP contribution is 2.20. The summed E-state index contributed by atoms with van der Waals surface area (Å²) < 4.78 is 19.2. The van der Waals surface area contributed by atoms with Crippen LogP contribution in [-0.4, -0.2) is 24.1 Å². The average Bonchev–Trinajstić information content (AvgIpc) is 2.33. The van der Waals surface area contributed by atoms with Crippen LogP contribution in [-0.2, 0) is 4.79 Å². The summed E-state index contributed by atoms with van der Waals surface area (Å²) in [6, 6.07) is 5.09. The van der Waals surface area contributed by atoms with Crippen molar-refractivity contribution in [2.45, 2.75) is 45.7 Å². The van der Waals surface area contributed by atoms with Crippen molar-refractivity contribution in [3.8, 4) is 5.75 Å². The van der Waals surface area contributed by atoms with Crippen LogP contribution in [0.1, 0.15) is 32.8 Å². The molecule has 0 heterocycles. The first-order chi connectivity index (χ1) is 9.26. The van der Waals surface area contributed by atoms with Gasteiger partial charge in [-0.3, -0.25) is 4.79 Å². The topological polar surface area (TPSA) is 64.3 Å². The van der Waals surface area contributed by atoms with E-state index in [4.69, 9.17) is 10.5 Å². The Morgan fingerprint density at radius 1 is 1.50 bits per heavy atom. The number of aryl methyl sites for hydroxylation is 1. The number of ether oxygens (including phenoxy) is 1. The molecule has 0 saturated carbocycles. The SMILES string of the molecule is Cc1cccc(OCCC(C)(NC(C)C)C(N)=O)c1F. The molecule has 0 radical (unpaired) electrons. The Balaban J connectivity index is 2.65. The van der Waals surface area contributed by atoms with Gasteiger partial charge in [0.25, 0.3) is 0 Å². The molecule has 1 aromatic carbocycles. The normalized spacial score (nSPS) is 14.1. The van der Waals surface area contributed by atoms with Crippen LogP contribution in [0.2, 0.25) is 0 Å². The minimum absolute atomic E-state index is 0.114. The van der Waals surface area contributed by atoms with E-state index in [1.165, 1.54) is 0 Å². The van der Waals surface area contributed by atoms with E-state index in [1.54, 1.807) is 32.0 Å². The number of carbonyl (C=O) groups is 1. The van der Waals surface area contributed by atoms with Crippen molar-refractivity contribution in [3.63, 3.8) is 0 Å². The number of primary amides is 1. The summed E-state index contributed by atoms with van der Waals surface area (Å²) in [6.45, 7) is 7.48. The molecule has 0 saturated heterocycles. The van der Waals surface area contributed by atoms with Crippen LogP contribution in [0.15, 0.2) is 18.2 Å². The van der Waals surface area contributed by atoms with Crippen molar-refractivity contribution in [3.05, 3.63) is 29.6 Å². The van der Waals surface area contributed by atoms with Gasteiger partial charge in [-0.2, -0.15) is 0 Å². The third kappa shape index (κ3) is 4.20. The van der Waals surface area contributed by atoms with Crippen molar-refractivity contribution >= 4 is 5.91 Å². The smallest absolute Gasteiger partial charge is 0.237 e. The highest BCUT2D eigenvalue weighted by atomic mass is 19.1. The minimum atomic E-state index is -0.867. The summed E-state index contributed by atoms with van der Waals surface area (Å²) in [6.07, 6.45) is 0.369. The molecule has 1 unspecified atom stereocenters. The number of carbonyl (C=O) groups excluding carboxylic acids is 1. The molecule has 4 nitrogen and oxygen atoms in total. The molecule has 1 aromatic rings. The molecule has 112 valence electrons. The Hall–Kier alpha value is -1.62. The van der Waals surface area contributed by atoms with Gasteiger partial charge in [-0.15, -0.1) is 0 Å². The van der Waals surface area contributed by atoms with Gasteiger partial charge in [0.15, 0.2) is 11.6 Å². The summed E-state index contributed by atoms with van der Waals surface area (Å²) in [5, 5.41) is 3.12. The molecule has 1 rings (SSSR count). The van der Waals surface area contributed by atoms with Crippen LogP contribution in [0.5, 0.6) is 5.75 Å². The fourth-order valence-electron chi connectivity index (χ4n) is 2.00. The van der Waals surface area contributed by atoms with Gasteiger partial charge in [0.2, 0.25) is 5.91 Å². The number of nitrogens with two attached hydrogens (primary N) is 1. The molecule has 5 heteroatoms. The van der Waals surface area contributed by atoms with Gasteiger partial charge in [0, 0.05) is 12.5 Å². The van der Waals surface area contributed by atoms with E-state index in [9.17, 15) is 9.18 Å². The van der Waals surface area contributed by atoms with Gasteiger partial charge >= 0.3 is 0 Å². The van der Waals surface area contributed by atoms with E-state index in [0.717, 1.165) is 0 Å². The zero-order valence-corrected chi connectivity index (χ0v) is 12.5. The highest BCUT2D eigenvalue weighted by Gasteiger charge is 2.31. The molecular weight excluding hydrogens is 259 g/mol. The van der Waals surface area contributed by atoms with E-state index in [-0.39, 0.29) is 24.2 Å². The first-order valence-electron chi connectivity index (χ1n) is 6.72. The lowest BCUT2D eigenvalue weighted by molar-refractivity contribution is -0.124. The Morgan fingerprint density at radius 2 is 2.15 bits per heavy atom. The summed E-state index contributed by atoms with van der Waals surface area (Å²) in [4.78, 5) is 11.6. The Kier molecular flexibility index (Phi) is 5.51. The lowest BCUT2D eigenvalue weighted by Gasteiger charge is -2.29. The van der Waals surface area contributed by atoms with Crippen molar-refractivity contribution in [2.24, 2.45) is 5.73 Å². The van der Waals surface area contributed by atoms with Gasteiger partial charge in [-0.1, -0.05) is 12.1 Å². The largest absolute Gasteiger partial charge is 0.490 e. The van der Waals surface area contributed by atoms with Crippen LogP contribution < -0.4 is 15.8 Å². The first-order valence-corrected chi connectivity index (χ1v) is 6.72. The van der Waals surface area contributed by atoms with E-state index in [2.05, 4.69) is 5.32 Å². The quantitative estimate of drug-likeness (QED) is 0.805. The highest BCUT2D eigenvalue weighted by molar-refractivity contribution is 5.84. The Bertz CT molecular complexity index is 477. The number of halogens is 1. The zero-order chi connectivity index (χ0) is 15.3. The standard InChI is InChI=1S/C15H23FN2O2/c1-10(2)18-15(4,14(17)19)8-9-20-12-7-5-6-11(3)13(12)16/h5-7,10,18H,8-9H2,1-4H3,(H2,17,19). The maximum atomic E-state index is 13.8. The third-order valence-electron chi connectivity index (χ3n) is 3.17. The van der Waals surface area contributed by atoms with Crippen LogP contribution >= 0.6 is 0 Å². The lowest BCUT2D eigenvalue weighted by Crippen LogP contribution is -2.56. The predicted octanol–water partition coefficient (Wildman–Crippen LogP) is 2.15. The predicted molar refractivity (Wildman–Crippen MR) is 77.1 cm³/mol. The summed E-state index contributed by atoms with van der Waals surface area (Å²) in [7, 11) is 0. The molecule has 1 atom stereocenters. The second kappa shape index (κ2) is 6.70. The Labute approximate surface area is 119 Å². The molecule has 20 heavy (non-hydrogen) atoms. The number of nitrogens with one attached hydrogen (secondary N) is 1. The maximum absolute atomic E-state index is 13.8. The average molecular weight is 282 g/mol. The van der Waals surface area contributed by atoms with E-state index in [1.807, 2.05) is 13.8 Å². The Morgan fingerprint density at radius 3 is 2.70 bits per heavy atom. The van der Waals surface area contributed by atoms with Crippen molar-refractivity contribution in [2.75, 3.05) is 6.61 Å². The molecule has 0 aliphatic rings. The van der Waals surface area contributed by atoms with E-state index < -0.39 is 11.4 Å². The maximum Gasteiger partial charge on any atom is 0.237 e. The molecule has 0 aliphatic carbocycles. The van der Waals surface area contributed by atoms with E-state index in [0.29, 0.717) is 12.0 Å². The molecular formula is C15H23FN2O2. The van der Waals surface area contributed by atoms with Gasteiger partial charge < -0.3 is 15.8 Å². The van der Waals surface area contributed by atoms with Gasteiger partial charge in [-0.05, 0) is 39.3 Å². The van der Waals surface area contributed by atoms with Gasteiger partial charge in [0.05, 0.1) is 12.1 Å². The van der Waals surface area contributed by atoms with Crippen LogP contribution in [0.3, 0.4) is 0 Å². The molecule has 3 N–H and O–H groups in total. The van der Waals surface area contributed by atoms with E-state index >= 15 is 0 Å². The van der Waals surface area contributed by atoms with Crippen molar-refractivity contribution < 1.29 is 13.9 Å². The molecule has 0 spiro atoms. The summed E-state index contributed by atoms with van der Waals surface area (Å²) >= 11 is 0. The fraction of sp³-hybridized carbons (Fsp3) is 0.533. The number of rotatable bonds is 7. The van der Waals surface area contributed by atoms with Gasteiger partial charge in [-0.25, -0.2) is 4.39 Å². The molecule has 0 fully saturated rings. The molecule has 0 bridgehead atoms. The van der Waals surface area contributed by atoms with Crippen LogP contribution in [0.4, 0.5) is 4.39 Å². The fourth-order valence-corrected chi connectivity index (χ4v) is 2.00. The zero-order valence-electron chi connectivity index (χ0n) is 12.5. The monoisotopic (exact) mass is 282 g/mol. The second-order valence-electron chi connectivity index (χ2n) is 5.48. The summed E-state index contributed by atoms with van der Waals surface area (Å²) in [5.41, 5.74) is 5.08. The number of hydrogen-bond acceptors (Lipinski definition) is 3. The minimum Gasteiger partial charge on any atom is -0.490 e. The van der Waals surface area contributed by atoms with Crippen LogP contribution in [0, 0.1) is 12.7 Å². The van der Waals surface area contributed by atoms with Crippen LogP contribution in [0.25, 0.3) is 0 Å².